The van der Waals surface area contributed by atoms with Gasteiger partial charge in [0, 0.05) is 12.6 Å². The predicted molar refractivity (Wildman–Crippen MR) is 82.7 cm³/mol. The molecule has 3 nitrogen and oxygen atoms in total. The summed E-state index contributed by atoms with van der Waals surface area (Å²) in [5, 5.41) is 3.54. The molecule has 0 bridgehead atoms. The maximum atomic E-state index is 5.65. The van der Waals surface area contributed by atoms with Gasteiger partial charge in [-0.2, -0.15) is 0 Å². The molecule has 1 aliphatic heterocycles. The minimum Gasteiger partial charge on any atom is -0.486 e. The lowest BCUT2D eigenvalue weighted by Crippen LogP contribution is -2.15. The highest BCUT2D eigenvalue weighted by Gasteiger charge is 2.19. The van der Waals surface area contributed by atoms with E-state index in [2.05, 4.69) is 41.7 Å². The number of benzene rings is 2. The van der Waals surface area contributed by atoms with Crippen molar-refractivity contribution in [1.82, 2.24) is 5.32 Å². The molecule has 0 unspecified atom stereocenters. The lowest BCUT2D eigenvalue weighted by Gasteiger charge is -2.19. The SMILES string of the molecule is c1cc(-c2ccc3c(c2)OCCO3)ccc1CNC1CC1. The summed E-state index contributed by atoms with van der Waals surface area (Å²) in [6, 6.07) is 15.6. The molecule has 3 heteroatoms. The third-order valence-electron chi connectivity index (χ3n) is 4.00. The van der Waals surface area contributed by atoms with Gasteiger partial charge in [0.15, 0.2) is 11.5 Å². The van der Waals surface area contributed by atoms with Crippen molar-refractivity contribution < 1.29 is 9.47 Å². The molecule has 4 rings (SSSR count). The van der Waals surface area contributed by atoms with Gasteiger partial charge in [0.05, 0.1) is 0 Å². The fourth-order valence-corrected chi connectivity index (χ4v) is 2.59. The molecule has 2 aromatic carbocycles. The minimum atomic E-state index is 0.627. The van der Waals surface area contributed by atoms with Gasteiger partial charge in [0.1, 0.15) is 13.2 Å². The van der Waals surface area contributed by atoms with E-state index in [0.29, 0.717) is 13.2 Å². The number of fused-ring (bicyclic) bond motifs is 1. The minimum absolute atomic E-state index is 0.627. The molecule has 0 atom stereocenters. The molecule has 0 aromatic heterocycles. The van der Waals surface area contributed by atoms with Crippen LogP contribution in [0, 0.1) is 0 Å². The first-order chi connectivity index (χ1) is 10.4. The highest BCUT2D eigenvalue weighted by atomic mass is 16.6. The monoisotopic (exact) mass is 281 g/mol. The summed E-state index contributed by atoms with van der Waals surface area (Å²) in [5.74, 6) is 1.69. The molecule has 108 valence electrons. The van der Waals surface area contributed by atoms with E-state index in [1.165, 1.54) is 29.5 Å². The van der Waals surface area contributed by atoms with Gasteiger partial charge >= 0.3 is 0 Å². The summed E-state index contributed by atoms with van der Waals surface area (Å²) < 4.78 is 11.2. The smallest absolute Gasteiger partial charge is 0.161 e. The molecule has 1 fully saturated rings. The van der Waals surface area contributed by atoms with Gasteiger partial charge in [0.2, 0.25) is 0 Å². The number of rotatable bonds is 4. The topological polar surface area (TPSA) is 30.5 Å². The Labute approximate surface area is 124 Å². The van der Waals surface area contributed by atoms with Gasteiger partial charge in [0.25, 0.3) is 0 Å². The Morgan fingerprint density at radius 3 is 2.33 bits per heavy atom. The van der Waals surface area contributed by atoms with Gasteiger partial charge in [-0.3, -0.25) is 0 Å². The third kappa shape index (κ3) is 2.88. The van der Waals surface area contributed by atoms with Crippen molar-refractivity contribution in [1.29, 1.82) is 0 Å². The van der Waals surface area contributed by atoms with Crippen LogP contribution in [0.3, 0.4) is 0 Å². The second-order valence-electron chi connectivity index (χ2n) is 5.71. The van der Waals surface area contributed by atoms with Crippen molar-refractivity contribution in [3.63, 3.8) is 0 Å². The Balaban J connectivity index is 1.52. The lowest BCUT2D eigenvalue weighted by molar-refractivity contribution is 0.171. The van der Waals surface area contributed by atoms with Gasteiger partial charge in [-0.25, -0.2) is 0 Å². The highest BCUT2D eigenvalue weighted by Crippen LogP contribution is 2.34. The van der Waals surface area contributed by atoms with Crippen LogP contribution in [0.2, 0.25) is 0 Å². The van der Waals surface area contributed by atoms with E-state index < -0.39 is 0 Å². The van der Waals surface area contributed by atoms with Gasteiger partial charge < -0.3 is 14.8 Å². The Hall–Kier alpha value is -2.00. The highest BCUT2D eigenvalue weighted by molar-refractivity contribution is 5.67. The Kier molecular flexibility index (Phi) is 3.28. The average molecular weight is 281 g/mol. The molecule has 1 N–H and O–H groups in total. The van der Waals surface area contributed by atoms with Crippen LogP contribution in [0.5, 0.6) is 11.5 Å². The van der Waals surface area contributed by atoms with Crippen LogP contribution in [0.15, 0.2) is 42.5 Å². The van der Waals surface area contributed by atoms with Gasteiger partial charge in [-0.1, -0.05) is 30.3 Å². The van der Waals surface area contributed by atoms with Crippen LogP contribution in [0.25, 0.3) is 11.1 Å². The zero-order chi connectivity index (χ0) is 14.1. The summed E-state index contributed by atoms with van der Waals surface area (Å²) in [6.07, 6.45) is 2.66. The summed E-state index contributed by atoms with van der Waals surface area (Å²) in [6.45, 7) is 2.23. The fraction of sp³-hybridized carbons (Fsp3) is 0.333. The first kappa shape index (κ1) is 12.7. The van der Waals surface area contributed by atoms with E-state index in [1.54, 1.807) is 0 Å². The molecule has 21 heavy (non-hydrogen) atoms. The van der Waals surface area contributed by atoms with E-state index in [0.717, 1.165) is 24.1 Å². The number of nitrogens with one attached hydrogen (secondary N) is 1. The summed E-state index contributed by atoms with van der Waals surface area (Å²) >= 11 is 0. The first-order valence-corrected chi connectivity index (χ1v) is 7.61. The van der Waals surface area contributed by atoms with E-state index in [9.17, 15) is 0 Å². The molecule has 1 heterocycles. The van der Waals surface area contributed by atoms with Crippen molar-refractivity contribution >= 4 is 0 Å². The zero-order valence-electron chi connectivity index (χ0n) is 12.0. The standard InChI is InChI=1S/C18H19NO2/c1-3-14(4-2-13(1)12-19-16-6-7-16)15-5-8-17-18(11-15)21-10-9-20-17/h1-5,8,11,16,19H,6-7,9-10,12H2. The molecule has 2 aromatic rings. The van der Waals surface area contributed by atoms with E-state index in [1.807, 2.05) is 6.07 Å². The van der Waals surface area contributed by atoms with Crippen LogP contribution in [-0.2, 0) is 6.54 Å². The van der Waals surface area contributed by atoms with Crippen LogP contribution in [0.4, 0.5) is 0 Å². The number of hydrogen-bond acceptors (Lipinski definition) is 3. The summed E-state index contributed by atoms with van der Waals surface area (Å²) in [5.41, 5.74) is 3.71. The van der Waals surface area contributed by atoms with Crippen molar-refractivity contribution in [3.05, 3.63) is 48.0 Å². The van der Waals surface area contributed by atoms with Gasteiger partial charge in [-0.15, -0.1) is 0 Å². The molecule has 2 aliphatic rings. The molecule has 0 spiro atoms. The molecule has 1 saturated carbocycles. The number of ether oxygens (including phenoxy) is 2. The van der Waals surface area contributed by atoms with Crippen molar-refractivity contribution in [2.24, 2.45) is 0 Å². The normalized spacial score (nSPS) is 16.8. The zero-order valence-corrected chi connectivity index (χ0v) is 12.0. The Bertz CT molecular complexity index is 632. The van der Waals surface area contributed by atoms with E-state index in [4.69, 9.17) is 9.47 Å². The lowest BCUT2D eigenvalue weighted by atomic mass is 10.0. The van der Waals surface area contributed by atoms with Crippen LogP contribution < -0.4 is 14.8 Å². The molecular formula is C18H19NO2. The quantitative estimate of drug-likeness (QED) is 0.932. The van der Waals surface area contributed by atoms with Crippen LogP contribution in [-0.4, -0.2) is 19.3 Å². The van der Waals surface area contributed by atoms with E-state index >= 15 is 0 Å². The first-order valence-electron chi connectivity index (χ1n) is 7.61. The predicted octanol–water partition coefficient (Wildman–Crippen LogP) is 3.38. The second-order valence-corrected chi connectivity index (χ2v) is 5.71. The van der Waals surface area contributed by atoms with Crippen molar-refractivity contribution in [3.8, 4) is 22.6 Å². The van der Waals surface area contributed by atoms with Crippen LogP contribution >= 0.6 is 0 Å². The maximum Gasteiger partial charge on any atom is 0.161 e. The van der Waals surface area contributed by atoms with E-state index in [-0.39, 0.29) is 0 Å². The molecule has 0 radical (unpaired) electrons. The second kappa shape index (κ2) is 5.41. The number of hydrogen-bond donors (Lipinski definition) is 1. The molecule has 0 saturated heterocycles. The van der Waals surface area contributed by atoms with Crippen molar-refractivity contribution in [2.75, 3.05) is 13.2 Å². The molecule has 1 aliphatic carbocycles. The van der Waals surface area contributed by atoms with Crippen molar-refractivity contribution in [2.45, 2.75) is 25.4 Å². The largest absolute Gasteiger partial charge is 0.486 e. The Morgan fingerprint density at radius 1 is 0.857 bits per heavy atom. The molecular weight excluding hydrogens is 262 g/mol. The fourth-order valence-electron chi connectivity index (χ4n) is 2.59. The van der Waals surface area contributed by atoms with Crippen LogP contribution in [0.1, 0.15) is 18.4 Å². The summed E-state index contributed by atoms with van der Waals surface area (Å²) in [7, 11) is 0. The Morgan fingerprint density at radius 2 is 1.57 bits per heavy atom. The van der Waals surface area contributed by atoms with Gasteiger partial charge in [-0.05, 0) is 41.7 Å². The average Bonchev–Trinajstić information content (AvgIpc) is 3.37. The summed E-state index contributed by atoms with van der Waals surface area (Å²) in [4.78, 5) is 0. The third-order valence-corrected chi connectivity index (χ3v) is 4.00. The maximum absolute atomic E-state index is 5.65. The molecule has 0 amide bonds.